The maximum absolute atomic E-state index is 12.2. The maximum atomic E-state index is 12.2. The number of nitro groups is 1. The number of benzene rings is 1. The lowest BCUT2D eigenvalue weighted by Gasteiger charge is -2.20. The van der Waals surface area contributed by atoms with Crippen LogP contribution in [0.5, 0.6) is 0 Å². The second-order valence-electron chi connectivity index (χ2n) is 4.86. The molecule has 2 rings (SSSR count). The van der Waals surface area contributed by atoms with Gasteiger partial charge in [0.2, 0.25) is 10.0 Å². The molecule has 1 aromatic rings. The molecular weight excluding hydrogens is 282 g/mol. The van der Waals surface area contributed by atoms with E-state index in [4.69, 9.17) is 0 Å². The summed E-state index contributed by atoms with van der Waals surface area (Å²) in [5, 5.41) is 13.8. The van der Waals surface area contributed by atoms with Crippen LogP contribution in [0.3, 0.4) is 0 Å². The van der Waals surface area contributed by atoms with Crippen LogP contribution in [0, 0.1) is 10.1 Å². The van der Waals surface area contributed by atoms with Gasteiger partial charge in [0.15, 0.2) is 0 Å². The Labute approximate surface area is 117 Å². The molecule has 0 amide bonds. The second kappa shape index (κ2) is 5.86. The fourth-order valence-electron chi connectivity index (χ4n) is 2.28. The van der Waals surface area contributed by atoms with Gasteiger partial charge in [0.1, 0.15) is 0 Å². The van der Waals surface area contributed by atoms with Crippen LogP contribution >= 0.6 is 0 Å². The number of non-ortho nitro benzene ring substituents is 1. The van der Waals surface area contributed by atoms with Gasteiger partial charge in [-0.2, -0.15) is 0 Å². The molecule has 7 nitrogen and oxygen atoms in total. The van der Waals surface area contributed by atoms with Crippen LogP contribution in [0.4, 0.5) is 5.69 Å². The Kier molecular flexibility index (Phi) is 4.36. The first kappa shape index (κ1) is 14.9. The molecule has 0 aliphatic carbocycles. The van der Waals surface area contributed by atoms with Crippen molar-refractivity contribution in [3.63, 3.8) is 0 Å². The van der Waals surface area contributed by atoms with Gasteiger partial charge in [-0.05, 0) is 38.4 Å². The van der Waals surface area contributed by atoms with Crippen LogP contribution in [0.2, 0.25) is 0 Å². The van der Waals surface area contributed by atoms with Gasteiger partial charge in [-0.3, -0.25) is 10.1 Å². The fourth-order valence-corrected chi connectivity index (χ4v) is 3.56. The molecule has 0 radical (unpaired) electrons. The van der Waals surface area contributed by atoms with Gasteiger partial charge in [0.05, 0.1) is 9.82 Å². The molecule has 1 aliphatic heterocycles. The van der Waals surface area contributed by atoms with E-state index in [0.717, 1.165) is 19.4 Å². The van der Waals surface area contributed by atoms with Crippen molar-refractivity contribution in [3.8, 4) is 0 Å². The van der Waals surface area contributed by atoms with Crippen molar-refractivity contribution in [2.24, 2.45) is 0 Å². The zero-order valence-corrected chi connectivity index (χ0v) is 11.9. The average Bonchev–Trinajstić information content (AvgIpc) is 2.92. The lowest BCUT2D eigenvalue weighted by atomic mass is 10.1. The van der Waals surface area contributed by atoms with E-state index in [1.807, 2.05) is 6.92 Å². The van der Waals surface area contributed by atoms with Crippen molar-refractivity contribution >= 4 is 15.7 Å². The third kappa shape index (κ3) is 3.33. The highest BCUT2D eigenvalue weighted by Crippen LogP contribution is 2.17. The van der Waals surface area contributed by atoms with Crippen LogP contribution in [0.25, 0.3) is 0 Å². The topological polar surface area (TPSA) is 101 Å². The van der Waals surface area contributed by atoms with Crippen molar-refractivity contribution in [2.45, 2.75) is 36.7 Å². The van der Waals surface area contributed by atoms with Gasteiger partial charge < -0.3 is 5.32 Å². The summed E-state index contributed by atoms with van der Waals surface area (Å²) in [6.07, 6.45) is 1.97. The van der Waals surface area contributed by atoms with E-state index in [1.54, 1.807) is 0 Å². The van der Waals surface area contributed by atoms with E-state index in [1.165, 1.54) is 24.3 Å². The molecule has 2 N–H and O–H groups in total. The Bertz CT molecular complexity index is 579. The Balaban J connectivity index is 2.11. The Morgan fingerprint density at radius 3 is 2.55 bits per heavy atom. The normalized spacial score (nSPS) is 20.8. The molecule has 1 aliphatic rings. The second-order valence-corrected chi connectivity index (χ2v) is 6.58. The molecule has 1 fully saturated rings. The smallest absolute Gasteiger partial charge is 0.269 e. The largest absolute Gasteiger partial charge is 0.312 e. The Morgan fingerprint density at radius 1 is 1.40 bits per heavy atom. The van der Waals surface area contributed by atoms with Crippen molar-refractivity contribution in [1.82, 2.24) is 10.0 Å². The zero-order valence-electron chi connectivity index (χ0n) is 11.1. The molecule has 0 saturated carbocycles. The molecule has 0 spiro atoms. The molecule has 2 atom stereocenters. The van der Waals surface area contributed by atoms with Gasteiger partial charge in [0.25, 0.3) is 5.69 Å². The summed E-state index contributed by atoms with van der Waals surface area (Å²) in [6.45, 7) is 2.71. The van der Waals surface area contributed by atoms with E-state index in [-0.39, 0.29) is 22.7 Å². The van der Waals surface area contributed by atoms with E-state index in [2.05, 4.69) is 10.0 Å². The lowest BCUT2D eigenvalue weighted by molar-refractivity contribution is -0.384. The minimum absolute atomic E-state index is 0.0351. The van der Waals surface area contributed by atoms with Crippen molar-refractivity contribution in [3.05, 3.63) is 34.4 Å². The Hall–Kier alpha value is -1.51. The number of hydrogen-bond acceptors (Lipinski definition) is 5. The first-order chi connectivity index (χ1) is 9.40. The van der Waals surface area contributed by atoms with Gasteiger partial charge in [0, 0.05) is 24.2 Å². The standard InChI is InChI=1S/C12H17N3O4S/c1-9(12-3-2-8-13-12)14-20(18,19)11-6-4-10(5-7-11)15(16)17/h4-7,9,12-14H,2-3,8H2,1H3/t9-,12-/m0/s1. The number of nitrogens with zero attached hydrogens (tertiary/aromatic N) is 1. The lowest BCUT2D eigenvalue weighted by Crippen LogP contribution is -2.45. The van der Waals surface area contributed by atoms with Crippen molar-refractivity contribution in [1.29, 1.82) is 0 Å². The number of hydrogen-bond donors (Lipinski definition) is 2. The predicted molar refractivity (Wildman–Crippen MR) is 73.9 cm³/mol. The number of rotatable bonds is 5. The molecule has 0 aromatic heterocycles. The molecule has 1 saturated heterocycles. The molecule has 8 heteroatoms. The summed E-state index contributed by atoms with van der Waals surface area (Å²) in [4.78, 5) is 10.0. The quantitative estimate of drug-likeness (QED) is 0.624. The van der Waals surface area contributed by atoms with E-state index in [0.29, 0.717) is 0 Å². The average molecular weight is 299 g/mol. The fraction of sp³-hybridized carbons (Fsp3) is 0.500. The molecule has 1 aromatic carbocycles. The highest BCUT2D eigenvalue weighted by atomic mass is 32.2. The SMILES string of the molecule is C[C@H](NS(=O)(=O)c1ccc([N+](=O)[O-])cc1)[C@@H]1CCCN1. The molecule has 0 unspecified atom stereocenters. The minimum Gasteiger partial charge on any atom is -0.312 e. The van der Waals surface area contributed by atoms with Gasteiger partial charge in [-0.15, -0.1) is 0 Å². The Morgan fingerprint density at radius 2 is 2.05 bits per heavy atom. The summed E-state index contributed by atoms with van der Waals surface area (Å²) in [7, 11) is -3.65. The third-order valence-corrected chi connectivity index (χ3v) is 4.98. The van der Waals surface area contributed by atoms with Gasteiger partial charge in [-0.25, -0.2) is 13.1 Å². The number of sulfonamides is 1. The zero-order chi connectivity index (χ0) is 14.8. The van der Waals surface area contributed by atoms with E-state index in [9.17, 15) is 18.5 Å². The first-order valence-corrected chi connectivity index (χ1v) is 7.88. The molecular formula is C12H17N3O4S. The molecule has 20 heavy (non-hydrogen) atoms. The van der Waals surface area contributed by atoms with E-state index < -0.39 is 14.9 Å². The van der Waals surface area contributed by atoms with Crippen molar-refractivity contribution in [2.75, 3.05) is 6.54 Å². The van der Waals surface area contributed by atoms with E-state index >= 15 is 0 Å². The minimum atomic E-state index is -3.65. The summed E-state index contributed by atoms with van der Waals surface area (Å²) in [5.74, 6) is 0. The summed E-state index contributed by atoms with van der Waals surface area (Å²) >= 11 is 0. The molecule has 110 valence electrons. The summed E-state index contributed by atoms with van der Waals surface area (Å²) < 4.78 is 26.9. The summed E-state index contributed by atoms with van der Waals surface area (Å²) in [5.41, 5.74) is -0.130. The number of nitro benzene ring substituents is 1. The maximum Gasteiger partial charge on any atom is 0.269 e. The summed E-state index contributed by atoms with van der Waals surface area (Å²) in [6, 6.07) is 4.77. The van der Waals surface area contributed by atoms with Crippen LogP contribution in [0.1, 0.15) is 19.8 Å². The monoisotopic (exact) mass is 299 g/mol. The predicted octanol–water partition coefficient (Wildman–Crippen LogP) is 1.01. The van der Waals surface area contributed by atoms with Crippen LogP contribution in [-0.2, 0) is 10.0 Å². The van der Waals surface area contributed by atoms with Gasteiger partial charge >= 0.3 is 0 Å². The molecule has 1 heterocycles. The third-order valence-electron chi connectivity index (χ3n) is 3.40. The molecule has 0 bridgehead atoms. The van der Waals surface area contributed by atoms with Gasteiger partial charge in [-0.1, -0.05) is 0 Å². The van der Waals surface area contributed by atoms with Crippen LogP contribution in [0.15, 0.2) is 29.2 Å². The highest BCUT2D eigenvalue weighted by molar-refractivity contribution is 7.89. The first-order valence-electron chi connectivity index (χ1n) is 6.40. The highest BCUT2D eigenvalue weighted by Gasteiger charge is 2.26. The van der Waals surface area contributed by atoms with Crippen LogP contribution in [-0.4, -0.2) is 32.0 Å². The van der Waals surface area contributed by atoms with Crippen molar-refractivity contribution < 1.29 is 13.3 Å². The number of nitrogens with one attached hydrogen (secondary N) is 2. The van der Waals surface area contributed by atoms with Crippen LogP contribution < -0.4 is 10.0 Å².